The van der Waals surface area contributed by atoms with Gasteiger partial charge in [0.15, 0.2) is 0 Å². The number of carbonyl (C=O) groups excluding carboxylic acids is 1. The molecule has 3 heteroatoms. The lowest BCUT2D eigenvalue weighted by molar-refractivity contribution is -0.158. The van der Waals surface area contributed by atoms with Gasteiger partial charge in [-0.3, -0.25) is 4.79 Å². The van der Waals surface area contributed by atoms with Gasteiger partial charge in [-0.2, -0.15) is 0 Å². The molecule has 25 heavy (non-hydrogen) atoms. The van der Waals surface area contributed by atoms with E-state index in [4.69, 9.17) is 9.47 Å². The highest BCUT2D eigenvalue weighted by Gasteiger charge is 2.31. The van der Waals surface area contributed by atoms with Crippen LogP contribution in [0, 0.1) is 11.8 Å². The van der Waals surface area contributed by atoms with Gasteiger partial charge in [-0.1, -0.05) is 39.5 Å². The molecule has 1 unspecified atom stereocenters. The number of esters is 1. The third-order valence-corrected chi connectivity index (χ3v) is 6.30. The number of carbonyl (C=O) groups is 1. The van der Waals surface area contributed by atoms with E-state index < -0.39 is 0 Å². The lowest BCUT2D eigenvalue weighted by Crippen LogP contribution is -2.32. The van der Waals surface area contributed by atoms with E-state index in [2.05, 4.69) is 20.8 Å². The Labute approximate surface area is 155 Å². The molecular formula is C22H40O3. The summed E-state index contributed by atoms with van der Waals surface area (Å²) < 4.78 is 11.9. The van der Waals surface area contributed by atoms with Gasteiger partial charge in [0.1, 0.15) is 6.10 Å². The third kappa shape index (κ3) is 7.29. The maximum Gasteiger partial charge on any atom is 0.309 e. The van der Waals surface area contributed by atoms with Gasteiger partial charge >= 0.3 is 5.97 Å². The van der Waals surface area contributed by atoms with E-state index in [1.807, 2.05) is 0 Å². The van der Waals surface area contributed by atoms with Gasteiger partial charge in [-0.25, -0.2) is 0 Å². The summed E-state index contributed by atoms with van der Waals surface area (Å²) in [7, 11) is 0. The van der Waals surface area contributed by atoms with E-state index in [9.17, 15) is 4.79 Å². The summed E-state index contributed by atoms with van der Waals surface area (Å²) in [6.07, 6.45) is 15.9. The molecule has 2 rings (SSSR count). The Morgan fingerprint density at radius 3 is 2.16 bits per heavy atom. The lowest BCUT2D eigenvalue weighted by Gasteiger charge is -2.32. The predicted octanol–water partition coefficient (Wildman–Crippen LogP) is 6.04. The van der Waals surface area contributed by atoms with Crippen molar-refractivity contribution in [2.75, 3.05) is 0 Å². The fourth-order valence-electron chi connectivity index (χ4n) is 4.34. The van der Waals surface area contributed by atoms with Crippen LogP contribution in [0.2, 0.25) is 0 Å². The average Bonchev–Trinajstić information content (AvgIpc) is 2.64. The van der Waals surface area contributed by atoms with Crippen molar-refractivity contribution in [2.24, 2.45) is 11.8 Å². The van der Waals surface area contributed by atoms with Gasteiger partial charge in [0.2, 0.25) is 0 Å². The van der Waals surface area contributed by atoms with Crippen molar-refractivity contribution in [2.45, 2.75) is 123 Å². The summed E-state index contributed by atoms with van der Waals surface area (Å²) in [6.45, 7) is 6.56. The molecule has 3 nitrogen and oxygen atoms in total. The predicted molar refractivity (Wildman–Crippen MR) is 103 cm³/mol. The Morgan fingerprint density at radius 1 is 0.920 bits per heavy atom. The van der Waals surface area contributed by atoms with E-state index in [0.717, 1.165) is 50.9 Å². The van der Waals surface area contributed by atoms with Gasteiger partial charge in [0.05, 0.1) is 18.1 Å². The summed E-state index contributed by atoms with van der Waals surface area (Å²) in [4.78, 5) is 12.5. The van der Waals surface area contributed by atoms with Gasteiger partial charge < -0.3 is 9.47 Å². The quantitative estimate of drug-likeness (QED) is 0.375. The van der Waals surface area contributed by atoms with Crippen LogP contribution in [0.1, 0.15) is 104 Å². The van der Waals surface area contributed by atoms with Crippen molar-refractivity contribution in [3.63, 3.8) is 0 Å². The van der Waals surface area contributed by atoms with Crippen LogP contribution in [0.4, 0.5) is 0 Å². The topological polar surface area (TPSA) is 35.5 Å². The fraction of sp³-hybridized carbons (Fsp3) is 0.955. The van der Waals surface area contributed by atoms with E-state index >= 15 is 0 Å². The summed E-state index contributed by atoms with van der Waals surface area (Å²) in [5.74, 6) is 1.05. The van der Waals surface area contributed by atoms with Crippen LogP contribution in [-0.4, -0.2) is 24.3 Å². The Balaban J connectivity index is 1.61. The first kappa shape index (κ1) is 20.7. The molecule has 0 radical (unpaired) electrons. The molecule has 2 aliphatic rings. The molecule has 0 heterocycles. The number of unbranched alkanes of at least 4 members (excludes halogenated alkanes) is 2. The molecule has 0 saturated heterocycles. The number of hydrogen-bond acceptors (Lipinski definition) is 3. The standard InChI is InChI=1S/C22H40O3/c1-4-6-7-8-18-9-13-21(14-10-18)25-22(23)19-11-15-20(16-12-19)24-17(3)5-2/h17-21H,4-16H2,1-3H3. The molecule has 2 aliphatic carbocycles. The molecule has 0 amide bonds. The molecular weight excluding hydrogens is 312 g/mol. The zero-order chi connectivity index (χ0) is 18.1. The van der Waals surface area contributed by atoms with Crippen molar-refractivity contribution in [1.82, 2.24) is 0 Å². The average molecular weight is 353 g/mol. The van der Waals surface area contributed by atoms with Crippen LogP contribution in [0.5, 0.6) is 0 Å². The second-order valence-electron chi connectivity index (χ2n) is 8.40. The smallest absolute Gasteiger partial charge is 0.309 e. The number of hydrogen-bond donors (Lipinski definition) is 0. The minimum Gasteiger partial charge on any atom is -0.462 e. The molecule has 0 aromatic rings. The zero-order valence-corrected chi connectivity index (χ0v) is 16.8. The number of rotatable bonds is 9. The fourth-order valence-corrected chi connectivity index (χ4v) is 4.34. The number of ether oxygens (including phenoxy) is 2. The van der Waals surface area contributed by atoms with E-state index in [0.29, 0.717) is 12.2 Å². The maximum absolute atomic E-state index is 12.5. The SMILES string of the molecule is CCCCCC1CCC(OC(=O)C2CCC(OC(C)CC)CC2)CC1. The highest BCUT2D eigenvalue weighted by Crippen LogP contribution is 2.32. The Morgan fingerprint density at radius 2 is 1.56 bits per heavy atom. The molecule has 146 valence electrons. The molecule has 0 spiro atoms. The van der Waals surface area contributed by atoms with E-state index in [1.54, 1.807) is 0 Å². The molecule has 1 atom stereocenters. The summed E-state index contributed by atoms with van der Waals surface area (Å²) >= 11 is 0. The minimum atomic E-state index is 0.0661. The molecule has 0 N–H and O–H groups in total. The van der Waals surface area contributed by atoms with Crippen molar-refractivity contribution < 1.29 is 14.3 Å². The van der Waals surface area contributed by atoms with E-state index in [1.165, 1.54) is 38.5 Å². The van der Waals surface area contributed by atoms with Gasteiger partial charge in [0, 0.05) is 0 Å². The first-order valence-corrected chi connectivity index (χ1v) is 11.0. The van der Waals surface area contributed by atoms with Crippen LogP contribution < -0.4 is 0 Å². The molecule has 0 aromatic heterocycles. The molecule has 0 aliphatic heterocycles. The van der Waals surface area contributed by atoms with Gasteiger partial charge in [-0.05, 0) is 70.6 Å². The van der Waals surface area contributed by atoms with Crippen molar-refractivity contribution >= 4 is 5.97 Å². The van der Waals surface area contributed by atoms with Crippen molar-refractivity contribution in [3.8, 4) is 0 Å². The molecule has 2 fully saturated rings. The minimum absolute atomic E-state index is 0.0661. The second kappa shape index (κ2) is 11.2. The van der Waals surface area contributed by atoms with Gasteiger partial charge in [-0.15, -0.1) is 0 Å². The summed E-state index contributed by atoms with van der Waals surface area (Å²) in [5, 5.41) is 0. The van der Waals surface area contributed by atoms with Crippen LogP contribution in [-0.2, 0) is 14.3 Å². The van der Waals surface area contributed by atoms with E-state index in [-0.39, 0.29) is 18.0 Å². The van der Waals surface area contributed by atoms with Crippen LogP contribution in [0.15, 0.2) is 0 Å². The molecule has 2 saturated carbocycles. The largest absolute Gasteiger partial charge is 0.462 e. The highest BCUT2D eigenvalue weighted by atomic mass is 16.5. The monoisotopic (exact) mass is 352 g/mol. The maximum atomic E-state index is 12.5. The first-order chi connectivity index (χ1) is 12.1. The van der Waals surface area contributed by atoms with Crippen molar-refractivity contribution in [3.05, 3.63) is 0 Å². The Bertz CT molecular complexity index is 365. The zero-order valence-electron chi connectivity index (χ0n) is 16.8. The normalized spacial score (nSPS) is 31.5. The van der Waals surface area contributed by atoms with Crippen molar-refractivity contribution in [1.29, 1.82) is 0 Å². The lowest BCUT2D eigenvalue weighted by atomic mass is 9.83. The third-order valence-electron chi connectivity index (χ3n) is 6.30. The van der Waals surface area contributed by atoms with Crippen LogP contribution in [0.25, 0.3) is 0 Å². The first-order valence-electron chi connectivity index (χ1n) is 11.0. The summed E-state index contributed by atoms with van der Waals surface area (Å²) in [5.41, 5.74) is 0. The Kier molecular flexibility index (Phi) is 9.30. The van der Waals surface area contributed by atoms with Gasteiger partial charge in [0.25, 0.3) is 0 Å². The van der Waals surface area contributed by atoms with Crippen LogP contribution in [0.3, 0.4) is 0 Å². The summed E-state index contributed by atoms with van der Waals surface area (Å²) in [6, 6.07) is 0. The molecule has 0 aromatic carbocycles. The second-order valence-corrected chi connectivity index (χ2v) is 8.40. The van der Waals surface area contributed by atoms with Crippen LogP contribution >= 0.6 is 0 Å². The molecule has 0 bridgehead atoms. The Hall–Kier alpha value is -0.570. The highest BCUT2D eigenvalue weighted by molar-refractivity contribution is 5.72.